The number of carbonyl (C=O) groups is 2. The molecule has 2 saturated heterocycles. The molecule has 3 aromatic rings. The first-order valence-corrected chi connectivity index (χ1v) is 14.0. The molecule has 1 aromatic heterocycles. The molecule has 0 bridgehead atoms. The third kappa shape index (κ3) is 5.45. The summed E-state index contributed by atoms with van der Waals surface area (Å²) in [5.41, 5.74) is 1.99. The molecule has 42 heavy (non-hydrogen) atoms. The first kappa shape index (κ1) is 29.2. The summed E-state index contributed by atoms with van der Waals surface area (Å²) < 4.78 is 23.7. The van der Waals surface area contributed by atoms with Crippen molar-refractivity contribution in [3.8, 4) is 22.9 Å². The Balaban J connectivity index is 1.59. The number of methoxy groups -OCH3 is 3. The minimum Gasteiger partial charge on any atom is -0.872 e. The summed E-state index contributed by atoms with van der Waals surface area (Å²) in [6, 6.07) is 11.8. The van der Waals surface area contributed by atoms with E-state index in [4.69, 9.17) is 18.9 Å². The van der Waals surface area contributed by atoms with Crippen molar-refractivity contribution in [2.24, 2.45) is 0 Å². The van der Waals surface area contributed by atoms with Crippen LogP contribution in [0.25, 0.3) is 11.4 Å². The highest BCUT2D eigenvalue weighted by molar-refractivity contribution is 6.46. The maximum atomic E-state index is 14.2. The van der Waals surface area contributed by atoms with Gasteiger partial charge in [0.05, 0.1) is 59.0 Å². The van der Waals surface area contributed by atoms with Crippen LogP contribution >= 0.6 is 0 Å². The lowest BCUT2D eigenvalue weighted by Crippen LogP contribution is -3.14. The van der Waals surface area contributed by atoms with Crippen molar-refractivity contribution in [3.63, 3.8) is 0 Å². The highest BCUT2D eigenvalue weighted by Crippen LogP contribution is 2.45. The lowest BCUT2D eigenvalue weighted by atomic mass is 9.94. The average molecular weight is 577 g/mol. The van der Waals surface area contributed by atoms with Gasteiger partial charge in [0.1, 0.15) is 13.1 Å². The largest absolute Gasteiger partial charge is 0.872 e. The molecule has 1 amide bonds. The quantitative estimate of drug-likeness (QED) is 0.213. The summed E-state index contributed by atoms with van der Waals surface area (Å²) in [6.07, 6.45) is 2.10. The first-order valence-electron chi connectivity index (χ1n) is 14.0. The molecule has 3 heterocycles. The Labute approximate surface area is 244 Å². The number of carbonyl (C=O) groups excluding carboxylic acids is 2. The van der Waals surface area contributed by atoms with E-state index in [0.29, 0.717) is 54.7 Å². The van der Waals surface area contributed by atoms with Gasteiger partial charge in [0.2, 0.25) is 11.5 Å². The molecule has 0 aliphatic carbocycles. The second-order valence-corrected chi connectivity index (χ2v) is 10.3. The van der Waals surface area contributed by atoms with Crippen LogP contribution in [-0.2, 0) is 14.3 Å². The summed E-state index contributed by atoms with van der Waals surface area (Å²) in [5, 5.41) is 18.6. The van der Waals surface area contributed by atoms with Gasteiger partial charge in [-0.1, -0.05) is 24.0 Å². The van der Waals surface area contributed by atoms with Gasteiger partial charge in [-0.05, 0) is 36.8 Å². The van der Waals surface area contributed by atoms with Crippen molar-refractivity contribution in [1.82, 2.24) is 14.7 Å². The second kappa shape index (κ2) is 12.7. The molecule has 1 N–H and O–H groups in total. The maximum Gasteiger partial charge on any atom is 0.295 e. The predicted molar refractivity (Wildman–Crippen MR) is 152 cm³/mol. The van der Waals surface area contributed by atoms with Gasteiger partial charge in [0, 0.05) is 29.8 Å². The topological polar surface area (TPSA) is 120 Å². The van der Waals surface area contributed by atoms with E-state index in [0.717, 1.165) is 25.3 Å². The number of morpholine rings is 1. The Bertz CT molecular complexity index is 1450. The van der Waals surface area contributed by atoms with E-state index < -0.39 is 23.5 Å². The minimum absolute atomic E-state index is 0.122. The Hall–Kier alpha value is -4.35. The van der Waals surface area contributed by atoms with Gasteiger partial charge in [-0.2, -0.15) is 5.10 Å². The van der Waals surface area contributed by atoms with Crippen molar-refractivity contribution in [3.05, 3.63) is 71.1 Å². The van der Waals surface area contributed by atoms with Gasteiger partial charge in [-0.15, -0.1) is 0 Å². The Morgan fingerprint density at radius 2 is 1.71 bits per heavy atom. The van der Waals surface area contributed by atoms with E-state index in [-0.39, 0.29) is 11.1 Å². The summed E-state index contributed by atoms with van der Waals surface area (Å²) in [4.78, 5) is 30.0. The van der Waals surface area contributed by atoms with E-state index in [1.54, 1.807) is 23.7 Å². The molecule has 0 spiro atoms. The number of ether oxygens (including phenoxy) is 4. The lowest BCUT2D eigenvalue weighted by molar-refractivity contribution is -0.908. The zero-order valence-electron chi connectivity index (χ0n) is 24.3. The van der Waals surface area contributed by atoms with Crippen LogP contribution in [0, 0.1) is 6.92 Å². The van der Waals surface area contributed by atoms with Crippen molar-refractivity contribution >= 4 is 17.4 Å². The van der Waals surface area contributed by atoms with E-state index in [9.17, 15) is 14.7 Å². The standard InChI is InChI=1S/C31H36N4O7/c1-20-23(19-32-35(20)22-9-6-5-7-10-22)28(36)26-27(21-17-24(39-2)30(41-4)25(18-21)40-3)34(31(38)29(26)37)12-8-11-33-13-15-42-16-14-33/h5-7,9-10,17-19,27,36H,8,11-16H2,1-4H3. The molecule has 5 rings (SSSR count). The van der Waals surface area contributed by atoms with Crippen LogP contribution in [0.4, 0.5) is 0 Å². The number of hydrogen-bond acceptors (Lipinski definition) is 8. The average Bonchev–Trinajstić information content (AvgIpc) is 3.53. The highest BCUT2D eigenvalue weighted by atomic mass is 16.5. The molecule has 1 unspecified atom stereocenters. The third-order valence-corrected chi connectivity index (χ3v) is 7.92. The highest BCUT2D eigenvalue weighted by Gasteiger charge is 2.45. The third-order valence-electron chi connectivity index (χ3n) is 7.92. The number of likely N-dealkylation sites (tertiary alicyclic amines) is 1. The van der Waals surface area contributed by atoms with Crippen LogP contribution in [0.1, 0.15) is 29.3 Å². The first-order chi connectivity index (χ1) is 20.4. The number of para-hydroxylation sites is 1. The summed E-state index contributed by atoms with van der Waals surface area (Å²) >= 11 is 0. The normalized spacial score (nSPS) is 18.9. The zero-order valence-corrected chi connectivity index (χ0v) is 24.3. The molecule has 2 aliphatic heterocycles. The predicted octanol–water partition coefficient (Wildman–Crippen LogP) is 0.736. The van der Waals surface area contributed by atoms with Crippen molar-refractivity contribution in [1.29, 1.82) is 0 Å². The number of aromatic nitrogens is 2. The number of ketones is 1. The van der Waals surface area contributed by atoms with E-state index in [1.807, 2.05) is 30.3 Å². The van der Waals surface area contributed by atoms with E-state index in [1.165, 1.54) is 37.3 Å². The number of benzene rings is 2. The zero-order chi connectivity index (χ0) is 29.8. The van der Waals surface area contributed by atoms with Crippen LogP contribution in [0.2, 0.25) is 0 Å². The Morgan fingerprint density at radius 1 is 1.05 bits per heavy atom. The van der Waals surface area contributed by atoms with Gasteiger partial charge in [-0.3, -0.25) is 9.59 Å². The number of quaternary nitrogens is 1. The molecule has 222 valence electrons. The second-order valence-electron chi connectivity index (χ2n) is 10.3. The van der Waals surface area contributed by atoms with Crippen molar-refractivity contribution in [2.45, 2.75) is 19.4 Å². The minimum atomic E-state index is -0.939. The molecular weight excluding hydrogens is 540 g/mol. The van der Waals surface area contributed by atoms with Gasteiger partial charge < -0.3 is 33.9 Å². The molecular formula is C31H36N4O7. The van der Waals surface area contributed by atoms with E-state index in [2.05, 4.69) is 5.10 Å². The monoisotopic (exact) mass is 576 g/mol. The molecule has 0 saturated carbocycles. The van der Waals surface area contributed by atoms with Gasteiger partial charge in [0.25, 0.3) is 5.91 Å². The summed E-state index contributed by atoms with van der Waals surface area (Å²) in [6.45, 7) is 6.07. The molecule has 11 heteroatoms. The smallest absolute Gasteiger partial charge is 0.295 e. The number of hydrogen-bond donors (Lipinski definition) is 1. The van der Waals surface area contributed by atoms with Crippen LogP contribution in [0.3, 0.4) is 0 Å². The fourth-order valence-corrected chi connectivity index (χ4v) is 5.72. The van der Waals surface area contributed by atoms with Crippen LogP contribution in [0.15, 0.2) is 54.2 Å². The van der Waals surface area contributed by atoms with Crippen LogP contribution < -0.4 is 24.2 Å². The molecule has 0 radical (unpaired) electrons. The van der Waals surface area contributed by atoms with Gasteiger partial charge in [-0.25, -0.2) is 4.68 Å². The van der Waals surface area contributed by atoms with Crippen LogP contribution in [0.5, 0.6) is 17.2 Å². The number of Topliss-reactive ketones (excluding diaryl/α,β-unsaturated/α-hetero) is 1. The summed E-state index contributed by atoms with van der Waals surface area (Å²) in [5.74, 6) is -0.971. The number of nitrogens with one attached hydrogen (secondary N) is 1. The SMILES string of the molecule is COc1cc(C2C(=C([O-])c3cnn(-c4ccccc4)c3C)C(=O)C(=O)N2CCC[NH+]2CCOCC2)cc(OC)c1OC. The molecule has 1 atom stereocenters. The number of amides is 1. The van der Waals surface area contributed by atoms with Crippen molar-refractivity contribution < 1.29 is 38.5 Å². The maximum absolute atomic E-state index is 14.2. The van der Waals surface area contributed by atoms with Gasteiger partial charge in [0.15, 0.2) is 11.5 Å². The van der Waals surface area contributed by atoms with Gasteiger partial charge >= 0.3 is 0 Å². The Morgan fingerprint density at radius 3 is 2.33 bits per heavy atom. The summed E-state index contributed by atoms with van der Waals surface area (Å²) in [7, 11) is 4.48. The molecule has 2 fully saturated rings. The fourth-order valence-electron chi connectivity index (χ4n) is 5.72. The van der Waals surface area contributed by atoms with Crippen molar-refractivity contribution in [2.75, 3.05) is 60.7 Å². The Kier molecular flexibility index (Phi) is 8.79. The number of rotatable bonds is 10. The van der Waals surface area contributed by atoms with E-state index >= 15 is 0 Å². The lowest BCUT2D eigenvalue weighted by Gasteiger charge is -2.29. The molecule has 11 nitrogen and oxygen atoms in total. The number of nitrogens with zero attached hydrogens (tertiary/aromatic N) is 3. The van der Waals surface area contributed by atoms with Crippen LogP contribution in [-0.4, -0.2) is 87.1 Å². The molecule has 2 aliphatic rings. The fraction of sp³-hybridized carbons (Fsp3) is 0.387. The molecule has 2 aromatic carbocycles.